The zero-order valence-corrected chi connectivity index (χ0v) is 28.3. The first kappa shape index (κ1) is 35.2. The van der Waals surface area contributed by atoms with Crippen molar-refractivity contribution in [1.29, 1.82) is 0 Å². The van der Waals surface area contributed by atoms with E-state index in [2.05, 4.69) is 0 Å². The van der Waals surface area contributed by atoms with Crippen molar-refractivity contribution in [2.75, 3.05) is 46.2 Å². The second-order valence-electron chi connectivity index (χ2n) is 10.3. The minimum Gasteiger partial charge on any atom is -0.508 e. The van der Waals surface area contributed by atoms with Gasteiger partial charge in [-0.25, -0.2) is 4.79 Å². The molecule has 0 bridgehead atoms. The van der Waals surface area contributed by atoms with Crippen molar-refractivity contribution in [1.82, 2.24) is 0 Å². The molecule has 3 aromatic carbocycles. The standard InChI is InChI=1S/C36H46O11/c1-8-39-26-19-24(37)20-27-25(26)21-32(33(46-27)22-15-28(40-9-2)34(44-13-6)29(16-22)41-10-3)47-36(38)23-17-30(42-11-4)35(45-14-7)31(18-23)43-12-5/h15-20,32-33,37H,8-14,21H2,1-7H3/t32-,33-/m1/s1. The molecule has 0 spiro atoms. The number of benzene rings is 3. The molecule has 0 saturated carbocycles. The Hall–Kier alpha value is -4.67. The summed E-state index contributed by atoms with van der Waals surface area (Å²) in [6.45, 7) is 15.7. The molecule has 2 atom stereocenters. The van der Waals surface area contributed by atoms with Gasteiger partial charge in [-0.2, -0.15) is 0 Å². The highest BCUT2D eigenvalue weighted by Gasteiger charge is 2.38. The monoisotopic (exact) mass is 654 g/mol. The molecule has 1 N–H and O–H groups in total. The van der Waals surface area contributed by atoms with Gasteiger partial charge in [0.05, 0.1) is 51.8 Å². The van der Waals surface area contributed by atoms with Crippen molar-refractivity contribution in [3.63, 3.8) is 0 Å². The van der Waals surface area contributed by atoms with Gasteiger partial charge in [0.2, 0.25) is 11.5 Å². The van der Waals surface area contributed by atoms with Gasteiger partial charge >= 0.3 is 5.97 Å². The fourth-order valence-electron chi connectivity index (χ4n) is 5.39. The molecule has 0 saturated heterocycles. The van der Waals surface area contributed by atoms with E-state index in [4.69, 9.17) is 42.6 Å². The quantitative estimate of drug-likeness (QED) is 0.150. The minimum atomic E-state index is -0.835. The van der Waals surface area contributed by atoms with Crippen LogP contribution in [0, 0.1) is 0 Å². The smallest absolute Gasteiger partial charge is 0.338 e. The molecule has 1 aliphatic rings. The van der Waals surface area contributed by atoms with Crippen LogP contribution in [0.1, 0.15) is 76.1 Å². The summed E-state index contributed by atoms with van der Waals surface area (Å²) in [6.07, 6.45) is -1.42. The van der Waals surface area contributed by atoms with Crippen LogP contribution in [0.2, 0.25) is 0 Å². The molecular weight excluding hydrogens is 608 g/mol. The van der Waals surface area contributed by atoms with Crippen LogP contribution in [0.15, 0.2) is 36.4 Å². The maximum Gasteiger partial charge on any atom is 0.338 e. The highest BCUT2D eigenvalue weighted by Crippen LogP contribution is 2.47. The first-order valence-corrected chi connectivity index (χ1v) is 16.3. The number of phenolic OH excluding ortho intramolecular Hbond substituents is 1. The molecule has 3 aromatic rings. The average Bonchev–Trinajstić information content (AvgIpc) is 3.04. The van der Waals surface area contributed by atoms with Crippen molar-refractivity contribution in [2.24, 2.45) is 0 Å². The summed E-state index contributed by atoms with van der Waals surface area (Å²) in [6, 6.07) is 9.84. The number of hydrogen-bond donors (Lipinski definition) is 1. The SMILES string of the molecule is CCOc1cc(O)cc2c1C[C@@H](OC(=O)c1cc(OCC)c(OCC)c(OCC)c1)[C@@H](c1cc(OCC)c(OCC)c(OCC)c1)O2. The lowest BCUT2D eigenvalue weighted by Gasteiger charge is -2.35. The number of fused-ring (bicyclic) bond motifs is 1. The number of rotatable bonds is 17. The van der Waals surface area contributed by atoms with Gasteiger partial charge in [-0.3, -0.25) is 0 Å². The predicted molar refractivity (Wildman–Crippen MR) is 175 cm³/mol. The van der Waals surface area contributed by atoms with Crippen LogP contribution in [0.3, 0.4) is 0 Å². The van der Waals surface area contributed by atoms with Gasteiger partial charge in [-0.1, -0.05) is 0 Å². The number of aromatic hydroxyl groups is 1. The Kier molecular flexibility index (Phi) is 12.5. The van der Waals surface area contributed by atoms with E-state index in [0.29, 0.717) is 103 Å². The van der Waals surface area contributed by atoms with Gasteiger partial charge in [0.15, 0.2) is 29.1 Å². The van der Waals surface area contributed by atoms with Crippen LogP contribution in [0.25, 0.3) is 0 Å². The highest BCUT2D eigenvalue weighted by molar-refractivity contribution is 5.91. The molecule has 47 heavy (non-hydrogen) atoms. The Morgan fingerprint density at radius 3 is 1.55 bits per heavy atom. The van der Waals surface area contributed by atoms with Crippen molar-refractivity contribution < 1.29 is 52.5 Å². The normalized spacial score (nSPS) is 15.1. The van der Waals surface area contributed by atoms with Gasteiger partial charge in [-0.15, -0.1) is 0 Å². The van der Waals surface area contributed by atoms with E-state index in [1.165, 1.54) is 12.1 Å². The molecule has 1 aliphatic heterocycles. The molecule has 0 fully saturated rings. The lowest BCUT2D eigenvalue weighted by molar-refractivity contribution is -0.0190. The number of hydrogen-bond acceptors (Lipinski definition) is 11. The number of esters is 1. The van der Waals surface area contributed by atoms with Crippen molar-refractivity contribution in [2.45, 2.75) is 67.1 Å². The summed E-state index contributed by atoms with van der Waals surface area (Å²) in [5, 5.41) is 10.5. The van der Waals surface area contributed by atoms with Gasteiger partial charge in [0, 0.05) is 29.7 Å². The minimum absolute atomic E-state index is 0.0144. The van der Waals surface area contributed by atoms with Crippen molar-refractivity contribution >= 4 is 5.97 Å². The third kappa shape index (κ3) is 8.19. The fraction of sp³-hybridized carbons (Fsp3) is 0.472. The summed E-state index contributed by atoms with van der Waals surface area (Å²) in [7, 11) is 0. The number of carbonyl (C=O) groups is 1. The molecule has 11 heteroatoms. The van der Waals surface area contributed by atoms with E-state index in [1.807, 2.05) is 48.5 Å². The van der Waals surface area contributed by atoms with E-state index < -0.39 is 18.2 Å². The summed E-state index contributed by atoms with van der Waals surface area (Å²) >= 11 is 0. The second kappa shape index (κ2) is 16.8. The van der Waals surface area contributed by atoms with Crippen LogP contribution in [0.4, 0.5) is 0 Å². The Morgan fingerprint density at radius 1 is 0.638 bits per heavy atom. The molecule has 4 rings (SSSR count). The van der Waals surface area contributed by atoms with Gasteiger partial charge < -0.3 is 47.7 Å². The third-order valence-corrected chi connectivity index (χ3v) is 7.11. The van der Waals surface area contributed by atoms with E-state index in [0.717, 1.165) is 0 Å². The second-order valence-corrected chi connectivity index (χ2v) is 10.3. The van der Waals surface area contributed by atoms with Crippen LogP contribution in [-0.2, 0) is 11.2 Å². The van der Waals surface area contributed by atoms with E-state index in [-0.39, 0.29) is 17.7 Å². The van der Waals surface area contributed by atoms with Crippen molar-refractivity contribution in [3.8, 4) is 51.7 Å². The molecule has 1 heterocycles. The Morgan fingerprint density at radius 2 is 1.09 bits per heavy atom. The molecule has 0 aromatic heterocycles. The molecule has 0 aliphatic carbocycles. The Labute approximate surface area is 276 Å². The summed E-state index contributed by atoms with van der Waals surface area (Å²) in [5.74, 6) is 2.80. The summed E-state index contributed by atoms with van der Waals surface area (Å²) in [4.78, 5) is 14.0. The number of phenols is 1. The van der Waals surface area contributed by atoms with E-state index >= 15 is 0 Å². The van der Waals surface area contributed by atoms with Crippen LogP contribution >= 0.6 is 0 Å². The summed E-state index contributed by atoms with van der Waals surface area (Å²) in [5.41, 5.74) is 1.51. The summed E-state index contributed by atoms with van der Waals surface area (Å²) < 4.78 is 54.0. The zero-order chi connectivity index (χ0) is 33.9. The Bertz CT molecular complexity index is 1450. The average molecular weight is 655 g/mol. The Balaban J connectivity index is 1.83. The van der Waals surface area contributed by atoms with Gasteiger partial charge in [-0.05, 0) is 72.7 Å². The first-order chi connectivity index (χ1) is 22.8. The number of ether oxygens (including phenoxy) is 9. The topological polar surface area (TPSA) is 120 Å². The largest absolute Gasteiger partial charge is 0.508 e. The molecule has 11 nitrogen and oxygen atoms in total. The fourth-order valence-corrected chi connectivity index (χ4v) is 5.39. The third-order valence-electron chi connectivity index (χ3n) is 7.11. The molecule has 256 valence electrons. The van der Waals surface area contributed by atoms with Crippen molar-refractivity contribution in [3.05, 3.63) is 53.1 Å². The maximum absolute atomic E-state index is 14.0. The maximum atomic E-state index is 14.0. The van der Waals surface area contributed by atoms with Crippen LogP contribution < -0.4 is 37.9 Å². The number of carbonyl (C=O) groups excluding carboxylic acids is 1. The molecule has 0 unspecified atom stereocenters. The van der Waals surface area contributed by atoms with Gasteiger partial charge in [0.1, 0.15) is 23.4 Å². The van der Waals surface area contributed by atoms with E-state index in [9.17, 15) is 9.90 Å². The molecule has 0 amide bonds. The highest BCUT2D eigenvalue weighted by atomic mass is 16.6. The molecular formula is C36H46O11. The molecule has 0 radical (unpaired) electrons. The lowest BCUT2D eigenvalue weighted by atomic mass is 9.93. The van der Waals surface area contributed by atoms with Gasteiger partial charge in [0.25, 0.3) is 0 Å². The first-order valence-electron chi connectivity index (χ1n) is 16.3. The zero-order valence-electron chi connectivity index (χ0n) is 28.3. The lowest BCUT2D eigenvalue weighted by Crippen LogP contribution is -2.35. The predicted octanol–water partition coefficient (Wildman–Crippen LogP) is 7.08. The van der Waals surface area contributed by atoms with Crippen LogP contribution in [-0.4, -0.2) is 63.4 Å². The van der Waals surface area contributed by atoms with E-state index in [1.54, 1.807) is 24.3 Å². The van der Waals surface area contributed by atoms with Crippen LogP contribution in [0.5, 0.6) is 51.7 Å².